The van der Waals surface area contributed by atoms with Gasteiger partial charge in [-0.05, 0) is 24.3 Å². The number of carboxylic acid groups (broad SMARTS) is 1. The largest absolute Gasteiger partial charge is 0.480 e. The Morgan fingerprint density at radius 3 is 2.30 bits per heavy atom. The number of likely N-dealkylation sites (N-methyl/N-ethyl adjacent to an activating group) is 1. The van der Waals surface area contributed by atoms with Gasteiger partial charge in [-0.3, -0.25) is 9.59 Å². The van der Waals surface area contributed by atoms with Gasteiger partial charge in [0.05, 0.1) is 18.1 Å². The molecule has 0 spiro atoms. The van der Waals surface area contributed by atoms with Gasteiger partial charge in [0.15, 0.2) is 0 Å². The molecule has 0 aliphatic carbocycles. The Bertz CT molecular complexity index is 680. The number of benzene rings is 1. The van der Waals surface area contributed by atoms with Crippen molar-refractivity contribution in [3.63, 3.8) is 0 Å². The highest BCUT2D eigenvalue weighted by molar-refractivity contribution is 7.89. The average Bonchev–Trinajstić information content (AvgIpc) is 2.54. The summed E-state index contributed by atoms with van der Waals surface area (Å²) >= 11 is 0. The lowest BCUT2D eigenvalue weighted by molar-refractivity contribution is -0.137. The molecule has 0 unspecified atom stereocenters. The molecule has 1 aromatic rings. The van der Waals surface area contributed by atoms with Crippen LogP contribution >= 0.6 is 0 Å². The number of ether oxygens (including phenoxy) is 1. The SMILES string of the molecule is CN(CC(=O)O)S(=O)(=O)c1ccc(C(=O)N2CCOCC2)cc1. The third-order valence-corrected chi connectivity index (χ3v) is 5.28. The number of amides is 1. The highest BCUT2D eigenvalue weighted by atomic mass is 32.2. The van der Waals surface area contributed by atoms with E-state index in [0.29, 0.717) is 31.9 Å². The van der Waals surface area contributed by atoms with E-state index in [4.69, 9.17) is 9.84 Å². The number of rotatable bonds is 5. The molecule has 9 heteroatoms. The molecule has 0 atom stereocenters. The molecule has 1 aliphatic heterocycles. The molecular weight excluding hydrogens is 324 g/mol. The third kappa shape index (κ3) is 4.06. The van der Waals surface area contributed by atoms with Crippen LogP contribution in [0.5, 0.6) is 0 Å². The minimum atomic E-state index is -3.89. The number of aliphatic carboxylic acids is 1. The molecule has 1 saturated heterocycles. The Hall–Kier alpha value is -1.97. The first-order valence-electron chi connectivity index (χ1n) is 6.97. The van der Waals surface area contributed by atoms with Gasteiger partial charge >= 0.3 is 5.97 Å². The highest BCUT2D eigenvalue weighted by Crippen LogP contribution is 2.16. The van der Waals surface area contributed by atoms with E-state index in [1.807, 2.05) is 0 Å². The molecule has 2 rings (SSSR count). The fraction of sp³-hybridized carbons (Fsp3) is 0.429. The van der Waals surface area contributed by atoms with Crippen LogP contribution in [-0.4, -0.2) is 74.5 Å². The number of hydrogen-bond acceptors (Lipinski definition) is 5. The normalized spacial score (nSPS) is 15.7. The molecule has 1 N–H and O–H groups in total. The number of carbonyl (C=O) groups excluding carboxylic acids is 1. The number of carbonyl (C=O) groups is 2. The molecular formula is C14H18N2O6S. The van der Waals surface area contributed by atoms with Gasteiger partial charge in [-0.25, -0.2) is 8.42 Å². The second kappa shape index (κ2) is 7.07. The molecule has 8 nitrogen and oxygen atoms in total. The summed E-state index contributed by atoms with van der Waals surface area (Å²) in [6.07, 6.45) is 0. The van der Waals surface area contributed by atoms with E-state index in [2.05, 4.69) is 0 Å². The van der Waals surface area contributed by atoms with Crippen molar-refractivity contribution in [3.8, 4) is 0 Å². The van der Waals surface area contributed by atoms with Crippen LogP contribution in [0.4, 0.5) is 0 Å². The second-order valence-electron chi connectivity index (χ2n) is 5.08. The Balaban J connectivity index is 2.15. The first kappa shape index (κ1) is 17.4. The number of nitrogens with zero attached hydrogens (tertiary/aromatic N) is 2. The molecule has 0 saturated carbocycles. The number of hydrogen-bond donors (Lipinski definition) is 1. The first-order valence-corrected chi connectivity index (χ1v) is 8.41. The van der Waals surface area contributed by atoms with E-state index >= 15 is 0 Å². The van der Waals surface area contributed by atoms with Gasteiger partial charge in [0.25, 0.3) is 5.91 Å². The van der Waals surface area contributed by atoms with Gasteiger partial charge in [-0.1, -0.05) is 0 Å². The molecule has 0 aromatic heterocycles. The maximum Gasteiger partial charge on any atom is 0.318 e. The first-order chi connectivity index (χ1) is 10.8. The Morgan fingerprint density at radius 1 is 1.22 bits per heavy atom. The summed E-state index contributed by atoms with van der Waals surface area (Å²) in [7, 11) is -2.70. The predicted octanol–water partition coefficient (Wildman–Crippen LogP) is -0.136. The van der Waals surface area contributed by atoms with Crippen LogP contribution in [0.3, 0.4) is 0 Å². The molecule has 1 aromatic carbocycles. The minimum absolute atomic E-state index is 0.0558. The highest BCUT2D eigenvalue weighted by Gasteiger charge is 2.24. The van der Waals surface area contributed by atoms with Gasteiger partial charge in [0.1, 0.15) is 6.54 Å². The van der Waals surface area contributed by atoms with Crippen molar-refractivity contribution < 1.29 is 27.9 Å². The van der Waals surface area contributed by atoms with Crippen molar-refractivity contribution in [1.82, 2.24) is 9.21 Å². The summed E-state index contributed by atoms with van der Waals surface area (Å²) in [5.41, 5.74) is 0.381. The lowest BCUT2D eigenvalue weighted by Gasteiger charge is -2.26. The quantitative estimate of drug-likeness (QED) is 0.799. The van der Waals surface area contributed by atoms with E-state index in [0.717, 1.165) is 4.31 Å². The molecule has 0 radical (unpaired) electrons. The van der Waals surface area contributed by atoms with E-state index in [-0.39, 0.29) is 10.8 Å². The maximum absolute atomic E-state index is 12.3. The molecule has 1 fully saturated rings. The fourth-order valence-corrected chi connectivity index (χ4v) is 3.29. The van der Waals surface area contributed by atoms with Gasteiger partial charge < -0.3 is 14.7 Å². The van der Waals surface area contributed by atoms with E-state index in [1.165, 1.54) is 31.3 Å². The zero-order valence-electron chi connectivity index (χ0n) is 12.6. The Kier molecular flexibility index (Phi) is 5.34. The second-order valence-corrected chi connectivity index (χ2v) is 7.13. The van der Waals surface area contributed by atoms with Crippen molar-refractivity contribution in [1.29, 1.82) is 0 Å². The number of sulfonamides is 1. The molecule has 23 heavy (non-hydrogen) atoms. The fourth-order valence-electron chi connectivity index (χ4n) is 2.17. The number of morpholine rings is 1. The third-order valence-electron chi connectivity index (χ3n) is 3.47. The van der Waals surface area contributed by atoms with Crippen LogP contribution < -0.4 is 0 Å². The number of carboxylic acids is 1. The van der Waals surface area contributed by atoms with E-state index < -0.39 is 22.5 Å². The summed E-state index contributed by atoms with van der Waals surface area (Å²) in [5.74, 6) is -1.42. The summed E-state index contributed by atoms with van der Waals surface area (Å²) in [6, 6.07) is 5.47. The van der Waals surface area contributed by atoms with Crippen LogP contribution in [0.15, 0.2) is 29.2 Å². The van der Waals surface area contributed by atoms with Gasteiger partial charge in [-0.15, -0.1) is 0 Å². The van der Waals surface area contributed by atoms with Crippen LogP contribution in [0, 0.1) is 0 Å². The van der Waals surface area contributed by atoms with Crippen molar-refractivity contribution in [3.05, 3.63) is 29.8 Å². The molecule has 0 bridgehead atoms. The van der Waals surface area contributed by atoms with Crippen molar-refractivity contribution in [2.45, 2.75) is 4.90 Å². The van der Waals surface area contributed by atoms with Gasteiger partial charge in [0, 0.05) is 25.7 Å². The van der Waals surface area contributed by atoms with Crippen LogP contribution in [0.2, 0.25) is 0 Å². The van der Waals surface area contributed by atoms with Crippen molar-refractivity contribution in [2.75, 3.05) is 39.9 Å². The summed E-state index contributed by atoms with van der Waals surface area (Å²) < 4.78 is 30.3. The molecule has 1 heterocycles. The summed E-state index contributed by atoms with van der Waals surface area (Å²) in [4.78, 5) is 24.5. The predicted molar refractivity (Wildman–Crippen MR) is 80.6 cm³/mol. The average molecular weight is 342 g/mol. The maximum atomic E-state index is 12.3. The molecule has 1 amide bonds. The van der Waals surface area contributed by atoms with Crippen molar-refractivity contribution in [2.24, 2.45) is 0 Å². The van der Waals surface area contributed by atoms with Gasteiger partial charge in [0.2, 0.25) is 10.0 Å². The lowest BCUT2D eigenvalue weighted by Crippen LogP contribution is -2.40. The van der Waals surface area contributed by atoms with Crippen LogP contribution in [-0.2, 0) is 19.6 Å². The van der Waals surface area contributed by atoms with Crippen molar-refractivity contribution >= 4 is 21.9 Å². The topological polar surface area (TPSA) is 104 Å². The Labute approximate surface area is 134 Å². The smallest absolute Gasteiger partial charge is 0.318 e. The standard InChI is InChI=1S/C14H18N2O6S/c1-15(10-13(17)18)23(20,21)12-4-2-11(3-5-12)14(19)16-6-8-22-9-7-16/h2-5H,6-10H2,1H3,(H,17,18). The molecule has 1 aliphatic rings. The zero-order chi connectivity index (χ0) is 17.0. The Morgan fingerprint density at radius 2 is 1.78 bits per heavy atom. The zero-order valence-corrected chi connectivity index (χ0v) is 13.5. The van der Waals surface area contributed by atoms with E-state index in [1.54, 1.807) is 4.90 Å². The van der Waals surface area contributed by atoms with Crippen LogP contribution in [0.25, 0.3) is 0 Å². The lowest BCUT2D eigenvalue weighted by atomic mass is 10.2. The van der Waals surface area contributed by atoms with Crippen LogP contribution in [0.1, 0.15) is 10.4 Å². The summed E-state index contributed by atoms with van der Waals surface area (Å²) in [5, 5.41) is 8.69. The monoisotopic (exact) mass is 342 g/mol. The van der Waals surface area contributed by atoms with Gasteiger partial charge in [-0.2, -0.15) is 4.31 Å². The molecule has 126 valence electrons. The summed E-state index contributed by atoms with van der Waals surface area (Å²) in [6.45, 7) is 1.34. The minimum Gasteiger partial charge on any atom is -0.480 e. The van der Waals surface area contributed by atoms with E-state index in [9.17, 15) is 18.0 Å².